The summed E-state index contributed by atoms with van der Waals surface area (Å²) in [4.78, 5) is 25.6. The molecule has 4 rings (SSSR count). The van der Waals surface area contributed by atoms with Gasteiger partial charge in [-0.3, -0.25) is 0 Å². The minimum absolute atomic E-state index is 0.000233. The predicted molar refractivity (Wildman–Crippen MR) is 118 cm³/mol. The lowest BCUT2D eigenvalue weighted by atomic mass is 10.0. The van der Waals surface area contributed by atoms with E-state index in [-0.39, 0.29) is 28.5 Å². The molecular formula is C25H19FN2O5. The fourth-order valence-electron chi connectivity index (χ4n) is 3.34. The second-order valence-electron chi connectivity index (χ2n) is 6.83. The molecule has 1 aromatic heterocycles. The molecule has 0 saturated carbocycles. The van der Waals surface area contributed by atoms with Gasteiger partial charge >= 0.3 is 11.9 Å². The number of hydrogen-bond acceptors (Lipinski definition) is 6. The van der Waals surface area contributed by atoms with Crippen molar-refractivity contribution < 1.29 is 28.2 Å². The number of aromatic nitrogens is 2. The smallest absolute Gasteiger partial charge is 0.357 e. The Morgan fingerprint density at radius 1 is 0.788 bits per heavy atom. The Balaban J connectivity index is 1.97. The molecule has 0 N–H and O–H groups in total. The van der Waals surface area contributed by atoms with E-state index in [1.165, 1.54) is 31.0 Å². The summed E-state index contributed by atoms with van der Waals surface area (Å²) in [5, 5.41) is 4.55. The van der Waals surface area contributed by atoms with Crippen LogP contribution in [0.2, 0.25) is 0 Å². The quantitative estimate of drug-likeness (QED) is 0.386. The molecule has 0 aliphatic rings. The third-order valence-corrected chi connectivity index (χ3v) is 4.85. The summed E-state index contributed by atoms with van der Waals surface area (Å²) in [5.41, 5.74) is 0.810. The maximum Gasteiger partial charge on any atom is 0.357 e. The van der Waals surface area contributed by atoms with E-state index in [2.05, 4.69) is 5.10 Å². The molecule has 0 amide bonds. The van der Waals surface area contributed by atoms with Crippen LogP contribution in [0.3, 0.4) is 0 Å². The summed E-state index contributed by atoms with van der Waals surface area (Å²) in [6.45, 7) is 0. The number of esters is 2. The maximum absolute atomic E-state index is 14.2. The molecule has 166 valence electrons. The van der Waals surface area contributed by atoms with Gasteiger partial charge in [-0.15, -0.1) is 0 Å². The molecule has 3 aromatic carbocycles. The second-order valence-corrected chi connectivity index (χ2v) is 6.83. The van der Waals surface area contributed by atoms with Crippen LogP contribution in [0.25, 0.3) is 16.9 Å². The average Bonchev–Trinajstić information content (AvgIpc) is 3.26. The molecule has 0 bridgehead atoms. The summed E-state index contributed by atoms with van der Waals surface area (Å²) in [7, 11) is 2.41. The Hall–Kier alpha value is -4.46. The van der Waals surface area contributed by atoms with E-state index in [0.717, 1.165) is 0 Å². The van der Waals surface area contributed by atoms with E-state index in [0.29, 0.717) is 11.3 Å². The van der Waals surface area contributed by atoms with Crippen molar-refractivity contribution in [2.75, 3.05) is 14.2 Å². The summed E-state index contributed by atoms with van der Waals surface area (Å²) in [5.74, 6) is -1.87. The third-order valence-electron chi connectivity index (χ3n) is 4.85. The van der Waals surface area contributed by atoms with Crippen molar-refractivity contribution in [3.8, 4) is 28.4 Å². The molecule has 0 unspecified atom stereocenters. The van der Waals surface area contributed by atoms with E-state index >= 15 is 0 Å². The van der Waals surface area contributed by atoms with Crippen molar-refractivity contribution in [1.29, 1.82) is 0 Å². The molecule has 0 aliphatic heterocycles. The van der Waals surface area contributed by atoms with Gasteiger partial charge in [0, 0.05) is 5.56 Å². The zero-order valence-electron chi connectivity index (χ0n) is 17.8. The van der Waals surface area contributed by atoms with Crippen LogP contribution in [0.15, 0.2) is 78.9 Å². The zero-order chi connectivity index (χ0) is 23.4. The normalized spacial score (nSPS) is 10.5. The highest BCUT2D eigenvalue weighted by Crippen LogP contribution is 2.37. The van der Waals surface area contributed by atoms with E-state index in [1.54, 1.807) is 60.7 Å². The standard InChI is InChI=1S/C25H19FN2O5/c1-31-24(29)21-22(27-28(23(21)25(30)32-2)16-10-4-3-5-11-16)17-12-6-8-14-19(17)33-20-15-9-7-13-18(20)26/h3-15H,1-2H3. The molecule has 0 saturated heterocycles. The van der Waals surface area contributed by atoms with Crippen molar-refractivity contribution in [2.24, 2.45) is 0 Å². The molecule has 0 spiro atoms. The van der Waals surface area contributed by atoms with E-state index in [4.69, 9.17) is 14.2 Å². The highest BCUT2D eigenvalue weighted by molar-refractivity contribution is 6.07. The number of carbonyl (C=O) groups excluding carboxylic acids is 2. The van der Waals surface area contributed by atoms with Gasteiger partial charge in [0.05, 0.1) is 19.9 Å². The van der Waals surface area contributed by atoms with Crippen molar-refractivity contribution in [3.63, 3.8) is 0 Å². The first-order valence-electron chi connectivity index (χ1n) is 9.92. The van der Waals surface area contributed by atoms with Crippen LogP contribution >= 0.6 is 0 Å². The van der Waals surface area contributed by atoms with Crippen LogP contribution < -0.4 is 4.74 Å². The average molecular weight is 446 g/mol. The SMILES string of the molecule is COC(=O)c1c(-c2ccccc2Oc2ccccc2F)nn(-c2ccccc2)c1C(=O)OC. The summed E-state index contributed by atoms with van der Waals surface area (Å²) < 4.78 is 31.3. The number of carbonyl (C=O) groups is 2. The highest BCUT2D eigenvalue weighted by atomic mass is 19.1. The fraction of sp³-hybridized carbons (Fsp3) is 0.0800. The lowest BCUT2D eigenvalue weighted by molar-refractivity contribution is 0.0549. The van der Waals surface area contributed by atoms with Crippen molar-refractivity contribution in [1.82, 2.24) is 9.78 Å². The number of benzene rings is 3. The van der Waals surface area contributed by atoms with Crippen molar-refractivity contribution in [2.45, 2.75) is 0 Å². The molecule has 0 radical (unpaired) electrons. The van der Waals surface area contributed by atoms with Crippen molar-refractivity contribution in [3.05, 3.63) is 95.9 Å². The van der Waals surface area contributed by atoms with E-state index in [9.17, 15) is 14.0 Å². The van der Waals surface area contributed by atoms with Gasteiger partial charge in [-0.25, -0.2) is 18.7 Å². The summed E-state index contributed by atoms with van der Waals surface area (Å²) in [6, 6.07) is 21.4. The highest BCUT2D eigenvalue weighted by Gasteiger charge is 2.32. The van der Waals surface area contributed by atoms with Gasteiger partial charge in [-0.2, -0.15) is 5.10 Å². The number of halogens is 1. The molecule has 0 aliphatic carbocycles. The first-order valence-corrected chi connectivity index (χ1v) is 9.92. The molecular weight excluding hydrogens is 427 g/mol. The van der Waals surface area contributed by atoms with E-state index < -0.39 is 17.8 Å². The predicted octanol–water partition coefficient (Wildman–Crippen LogP) is 5.04. The number of methoxy groups -OCH3 is 2. The first kappa shape index (κ1) is 21.8. The topological polar surface area (TPSA) is 79.7 Å². The van der Waals surface area contributed by atoms with Crippen LogP contribution in [0.1, 0.15) is 20.8 Å². The lowest BCUT2D eigenvalue weighted by Gasteiger charge is -2.11. The monoisotopic (exact) mass is 446 g/mol. The molecule has 1 heterocycles. The largest absolute Gasteiger partial charge is 0.465 e. The number of para-hydroxylation sites is 3. The van der Waals surface area contributed by atoms with Gasteiger partial charge in [0.1, 0.15) is 17.0 Å². The molecule has 4 aromatic rings. The van der Waals surface area contributed by atoms with Gasteiger partial charge in [0.15, 0.2) is 17.3 Å². The Morgan fingerprint density at radius 3 is 2.06 bits per heavy atom. The maximum atomic E-state index is 14.2. The fourth-order valence-corrected chi connectivity index (χ4v) is 3.34. The number of ether oxygens (including phenoxy) is 3. The van der Waals surface area contributed by atoms with Crippen LogP contribution in [-0.4, -0.2) is 35.9 Å². The van der Waals surface area contributed by atoms with Gasteiger partial charge in [0.2, 0.25) is 0 Å². The molecule has 33 heavy (non-hydrogen) atoms. The van der Waals surface area contributed by atoms with Crippen molar-refractivity contribution >= 4 is 11.9 Å². The minimum atomic E-state index is -0.784. The molecule has 0 atom stereocenters. The Kier molecular flexibility index (Phi) is 6.17. The lowest BCUT2D eigenvalue weighted by Crippen LogP contribution is -2.15. The molecule has 7 nitrogen and oxygen atoms in total. The number of rotatable bonds is 6. The number of hydrogen-bond donors (Lipinski definition) is 0. The van der Waals surface area contributed by atoms with Gasteiger partial charge in [-0.05, 0) is 36.4 Å². The molecule has 0 fully saturated rings. The first-order chi connectivity index (χ1) is 16.0. The minimum Gasteiger partial charge on any atom is -0.465 e. The van der Waals surface area contributed by atoms with Crippen LogP contribution in [0.5, 0.6) is 11.5 Å². The Morgan fingerprint density at radius 2 is 1.39 bits per heavy atom. The number of nitrogens with zero attached hydrogens (tertiary/aromatic N) is 2. The van der Waals surface area contributed by atoms with Crippen LogP contribution in [0, 0.1) is 5.82 Å². The Labute approximate surface area is 188 Å². The van der Waals surface area contributed by atoms with Gasteiger partial charge < -0.3 is 14.2 Å². The summed E-state index contributed by atoms with van der Waals surface area (Å²) >= 11 is 0. The van der Waals surface area contributed by atoms with Crippen LogP contribution in [-0.2, 0) is 9.47 Å². The zero-order valence-corrected chi connectivity index (χ0v) is 17.8. The molecule has 8 heteroatoms. The Bertz CT molecular complexity index is 1320. The summed E-state index contributed by atoms with van der Waals surface area (Å²) in [6.07, 6.45) is 0. The van der Waals surface area contributed by atoms with Gasteiger partial charge in [0.25, 0.3) is 0 Å². The van der Waals surface area contributed by atoms with E-state index in [1.807, 2.05) is 6.07 Å². The second kappa shape index (κ2) is 9.35. The van der Waals surface area contributed by atoms with Gasteiger partial charge in [-0.1, -0.05) is 42.5 Å². The van der Waals surface area contributed by atoms with Crippen LogP contribution in [0.4, 0.5) is 4.39 Å². The third kappa shape index (κ3) is 4.18.